The van der Waals surface area contributed by atoms with Gasteiger partial charge in [0.25, 0.3) is 5.91 Å². The van der Waals surface area contributed by atoms with Crippen molar-refractivity contribution in [3.05, 3.63) is 106 Å². The lowest BCUT2D eigenvalue weighted by atomic mass is 10.0. The Balaban J connectivity index is 1.61. The van der Waals surface area contributed by atoms with Crippen LogP contribution >= 0.6 is 0 Å². The Morgan fingerprint density at radius 3 is 2.44 bits per heavy atom. The number of hydrogen-bond acceptors (Lipinski definition) is 2. The number of halogens is 4. The third kappa shape index (κ3) is 4.21. The number of alkyl halides is 3. The maximum atomic E-state index is 13.6. The maximum absolute atomic E-state index is 13.6. The van der Waals surface area contributed by atoms with Crippen molar-refractivity contribution in [2.24, 2.45) is 0 Å². The number of amides is 2. The van der Waals surface area contributed by atoms with Crippen molar-refractivity contribution in [3.63, 3.8) is 0 Å². The summed E-state index contributed by atoms with van der Waals surface area (Å²) in [6, 6.07) is 16.2. The Hall–Kier alpha value is -3.68. The third-order valence-corrected chi connectivity index (χ3v) is 5.32. The minimum Gasteiger partial charge on any atom is -0.350 e. The van der Waals surface area contributed by atoms with Gasteiger partial charge < -0.3 is 10.2 Å². The molecule has 0 bridgehead atoms. The average Bonchev–Trinajstić information content (AvgIpc) is 3.03. The highest BCUT2D eigenvalue weighted by Gasteiger charge is 2.41. The molecule has 2 amide bonds. The maximum Gasteiger partial charge on any atom is 0.416 e. The minimum absolute atomic E-state index is 0.0253. The largest absolute Gasteiger partial charge is 0.416 e. The molecule has 3 aromatic rings. The molecular formula is C24H18F4N2O2. The fraction of sp³-hybridized carbons (Fsp3) is 0.167. The third-order valence-electron chi connectivity index (χ3n) is 5.32. The Morgan fingerprint density at radius 2 is 1.69 bits per heavy atom. The molecule has 1 heterocycles. The van der Waals surface area contributed by atoms with Gasteiger partial charge in [-0.15, -0.1) is 0 Å². The smallest absolute Gasteiger partial charge is 0.350 e. The summed E-state index contributed by atoms with van der Waals surface area (Å²) in [5.74, 6) is -1.49. The van der Waals surface area contributed by atoms with E-state index in [4.69, 9.17) is 0 Å². The molecule has 0 aromatic heterocycles. The summed E-state index contributed by atoms with van der Waals surface area (Å²) in [5, 5.41) is 2.54. The van der Waals surface area contributed by atoms with E-state index in [-0.39, 0.29) is 18.7 Å². The standard InChI is InChI=1S/C24H18F4N2O2/c25-17-8-5-6-15(12-17)14-30-21(18-9-2-3-10-19(18)23(30)32)22(31)29-13-16-7-1-4-11-20(16)24(26,27)28/h1-12,21H,13-14H2,(H,29,31). The van der Waals surface area contributed by atoms with E-state index >= 15 is 0 Å². The summed E-state index contributed by atoms with van der Waals surface area (Å²) in [7, 11) is 0. The van der Waals surface area contributed by atoms with Crippen LogP contribution in [0.3, 0.4) is 0 Å². The lowest BCUT2D eigenvalue weighted by Crippen LogP contribution is -2.38. The van der Waals surface area contributed by atoms with Gasteiger partial charge in [0, 0.05) is 18.7 Å². The summed E-state index contributed by atoms with van der Waals surface area (Å²) in [6.07, 6.45) is -4.55. The fourth-order valence-electron chi connectivity index (χ4n) is 3.88. The van der Waals surface area contributed by atoms with Gasteiger partial charge in [0.05, 0.1) is 5.56 Å². The van der Waals surface area contributed by atoms with E-state index in [1.807, 2.05) is 0 Å². The monoisotopic (exact) mass is 442 g/mol. The molecule has 4 rings (SSSR count). The number of fused-ring (bicyclic) bond motifs is 1. The number of hydrogen-bond donors (Lipinski definition) is 1. The summed E-state index contributed by atoms with van der Waals surface area (Å²) in [4.78, 5) is 27.4. The second kappa shape index (κ2) is 8.45. The first-order valence-electron chi connectivity index (χ1n) is 9.83. The first-order chi connectivity index (χ1) is 15.3. The lowest BCUT2D eigenvalue weighted by Gasteiger charge is -2.25. The molecule has 0 spiro atoms. The van der Waals surface area contributed by atoms with Crippen LogP contribution in [0.2, 0.25) is 0 Å². The van der Waals surface area contributed by atoms with Crippen LogP contribution < -0.4 is 5.32 Å². The van der Waals surface area contributed by atoms with Crippen LogP contribution in [0.1, 0.15) is 38.7 Å². The lowest BCUT2D eigenvalue weighted by molar-refractivity contribution is -0.138. The van der Waals surface area contributed by atoms with Gasteiger partial charge in [-0.1, -0.05) is 48.5 Å². The van der Waals surface area contributed by atoms with Crippen LogP contribution in [0.25, 0.3) is 0 Å². The number of carbonyl (C=O) groups excluding carboxylic acids is 2. The Bertz CT molecular complexity index is 1180. The zero-order chi connectivity index (χ0) is 22.9. The van der Waals surface area contributed by atoms with Crippen molar-refractivity contribution in [2.45, 2.75) is 25.3 Å². The highest BCUT2D eigenvalue weighted by Crippen LogP contribution is 2.36. The van der Waals surface area contributed by atoms with E-state index in [1.54, 1.807) is 30.3 Å². The molecule has 0 radical (unpaired) electrons. The van der Waals surface area contributed by atoms with E-state index in [0.717, 1.165) is 6.07 Å². The summed E-state index contributed by atoms with van der Waals surface area (Å²) >= 11 is 0. The molecular weight excluding hydrogens is 424 g/mol. The molecule has 3 aromatic carbocycles. The molecule has 32 heavy (non-hydrogen) atoms. The predicted molar refractivity (Wildman–Crippen MR) is 109 cm³/mol. The first-order valence-corrected chi connectivity index (χ1v) is 9.83. The van der Waals surface area contributed by atoms with Crippen LogP contribution in [0, 0.1) is 5.82 Å². The van der Waals surface area contributed by atoms with Gasteiger partial charge in [0.15, 0.2) is 0 Å². The van der Waals surface area contributed by atoms with E-state index in [1.165, 1.54) is 41.3 Å². The van der Waals surface area contributed by atoms with E-state index < -0.39 is 35.4 Å². The van der Waals surface area contributed by atoms with Gasteiger partial charge in [-0.25, -0.2) is 4.39 Å². The van der Waals surface area contributed by atoms with Crippen molar-refractivity contribution in [3.8, 4) is 0 Å². The fourth-order valence-corrected chi connectivity index (χ4v) is 3.88. The second-order valence-corrected chi connectivity index (χ2v) is 7.43. The quantitative estimate of drug-likeness (QED) is 0.574. The number of rotatable bonds is 5. The second-order valence-electron chi connectivity index (χ2n) is 7.43. The van der Waals surface area contributed by atoms with Crippen LogP contribution in [-0.4, -0.2) is 16.7 Å². The number of benzene rings is 3. The molecule has 4 nitrogen and oxygen atoms in total. The van der Waals surface area contributed by atoms with Crippen molar-refractivity contribution in [1.82, 2.24) is 10.2 Å². The zero-order valence-electron chi connectivity index (χ0n) is 16.7. The van der Waals surface area contributed by atoms with Gasteiger partial charge in [-0.2, -0.15) is 13.2 Å². The Labute approximate surface area is 181 Å². The molecule has 164 valence electrons. The molecule has 1 aliphatic heterocycles. The molecule has 0 saturated carbocycles. The van der Waals surface area contributed by atoms with Gasteiger partial charge in [-0.3, -0.25) is 9.59 Å². The highest BCUT2D eigenvalue weighted by molar-refractivity contribution is 6.04. The van der Waals surface area contributed by atoms with Gasteiger partial charge in [0.1, 0.15) is 11.9 Å². The van der Waals surface area contributed by atoms with Crippen LogP contribution in [0.4, 0.5) is 17.6 Å². The first kappa shape index (κ1) is 21.5. The van der Waals surface area contributed by atoms with Crippen LogP contribution in [-0.2, 0) is 24.1 Å². The average molecular weight is 442 g/mol. The minimum atomic E-state index is -4.55. The van der Waals surface area contributed by atoms with E-state index in [0.29, 0.717) is 16.7 Å². The molecule has 0 saturated heterocycles. The topological polar surface area (TPSA) is 49.4 Å². The summed E-state index contributed by atoms with van der Waals surface area (Å²) in [6.45, 7) is -0.377. The van der Waals surface area contributed by atoms with Crippen molar-refractivity contribution >= 4 is 11.8 Å². The van der Waals surface area contributed by atoms with E-state index in [2.05, 4.69) is 5.32 Å². The molecule has 0 fully saturated rings. The molecule has 1 atom stereocenters. The normalized spacial score (nSPS) is 15.6. The molecule has 0 aliphatic carbocycles. The van der Waals surface area contributed by atoms with Gasteiger partial charge >= 0.3 is 6.18 Å². The molecule has 1 unspecified atom stereocenters. The van der Waals surface area contributed by atoms with Crippen molar-refractivity contribution < 1.29 is 27.2 Å². The van der Waals surface area contributed by atoms with Crippen LogP contribution in [0.5, 0.6) is 0 Å². The van der Waals surface area contributed by atoms with E-state index in [9.17, 15) is 27.2 Å². The SMILES string of the molecule is O=C(NCc1ccccc1C(F)(F)F)C1c2ccccc2C(=O)N1Cc1cccc(F)c1. The van der Waals surface area contributed by atoms with Crippen LogP contribution in [0.15, 0.2) is 72.8 Å². The van der Waals surface area contributed by atoms with Gasteiger partial charge in [-0.05, 0) is 41.0 Å². The zero-order valence-corrected chi connectivity index (χ0v) is 16.7. The molecule has 8 heteroatoms. The molecule has 1 aliphatic rings. The Morgan fingerprint density at radius 1 is 0.969 bits per heavy atom. The van der Waals surface area contributed by atoms with Gasteiger partial charge in [0.2, 0.25) is 5.91 Å². The summed E-state index contributed by atoms with van der Waals surface area (Å²) in [5.41, 5.74) is 0.365. The Kier molecular flexibility index (Phi) is 5.69. The van der Waals surface area contributed by atoms with Crippen molar-refractivity contribution in [2.75, 3.05) is 0 Å². The summed E-state index contributed by atoms with van der Waals surface area (Å²) < 4.78 is 53.4. The molecule has 1 N–H and O–H groups in total. The number of nitrogens with one attached hydrogen (secondary N) is 1. The highest BCUT2D eigenvalue weighted by atomic mass is 19.4. The van der Waals surface area contributed by atoms with Crippen molar-refractivity contribution in [1.29, 1.82) is 0 Å². The number of nitrogens with zero attached hydrogens (tertiary/aromatic N) is 1. The predicted octanol–water partition coefficient (Wildman–Crippen LogP) is 4.86. The number of carbonyl (C=O) groups is 2.